The van der Waals surface area contributed by atoms with E-state index in [1.807, 2.05) is 31.2 Å². The Morgan fingerprint density at radius 3 is 2.56 bits per heavy atom. The summed E-state index contributed by atoms with van der Waals surface area (Å²) in [7, 11) is 1.50. The lowest BCUT2D eigenvalue weighted by Gasteiger charge is -2.25. The number of carbonyl (C=O) groups excluding carboxylic acids is 3. The lowest BCUT2D eigenvalue weighted by atomic mass is 9.89. The van der Waals surface area contributed by atoms with E-state index in [0.29, 0.717) is 44.6 Å². The number of ether oxygens (including phenoxy) is 2. The van der Waals surface area contributed by atoms with Gasteiger partial charge in [-0.3, -0.25) is 19.3 Å². The van der Waals surface area contributed by atoms with Gasteiger partial charge in [0.1, 0.15) is 0 Å². The molecule has 3 amide bonds. The largest absolute Gasteiger partial charge is 0.493 e. The van der Waals surface area contributed by atoms with Gasteiger partial charge in [0, 0.05) is 16.7 Å². The van der Waals surface area contributed by atoms with E-state index in [0.717, 1.165) is 43.0 Å². The molecule has 1 saturated heterocycles. The molecular weight excluding hydrogens is 544 g/mol. The molecule has 1 aliphatic carbocycles. The highest BCUT2D eigenvalue weighted by atomic mass is 79.9. The van der Waals surface area contributed by atoms with E-state index in [4.69, 9.17) is 9.47 Å². The third-order valence-electron chi connectivity index (χ3n) is 6.30. The van der Waals surface area contributed by atoms with Gasteiger partial charge in [0.05, 0.1) is 12.0 Å². The molecule has 1 aliphatic heterocycles. The predicted molar refractivity (Wildman–Crippen MR) is 145 cm³/mol. The Hall–Kier alpha value is -2.78. The number of hydrogen-bond acceptors (Lipinski definition) is 6. The zero-order chi connectivity index (χ0) is 25.7. The van der Waals surface area contributed by atoms with Crippen LogP contribution in [-0.4, -0.2) is 42.2 Å². The highest BCUT2D eigenvalue weighted by Crippen LogP contribution is 2.39. The first-order valence-corrected chi connectivity index (χ1v) is 13.6. The van der Waals surface area contributed by atoms with E-state index in [1.54, 1.807) is 18.2 Å². The number of anilines is 1. The van der Waals surface area contributed by atoms with Gasteiger partial charge in [0.15, 0.2) is 18.1 Å². The molecule has 1 N–H and O–H groups in total. The maximum absolute atomic E-state index is 13.0. The van der Waals surface area contributed by atoms with Crippen molar-refractivity contribution in [2.45, 2.75) is 39.0 Å². The van der Waals surface area contributed by atoms with E-state index >= 15 is 0 Å². The third kappa shape index (κ3) is 6.50. The molecule has 0 unspecified atom stereocenters. The molecule has 190 valence electrons. The van der Waals surface area contributed by atoms with Gasteiger partial charge in [-0.25, -0.2) is 0 Å². The molecule has 0 atom stereocenters. The Bertz CT molecular complexity index is 1180. The molecule has 9 heteroatoms. The minimum atomic E-state index is -0.298. The Kier molecular flexibility index (Phi) is 8.74. The van der Waals surface area contributed by atoms with Gasteiger partial charge in [0.2, 0.25) is 0 Å². The molecular formula is C27H29BrN2O5S. The van der Waals surface area contributed by atoms with Crippen molar-refractivity contribution in [3.63, 3.8) is 0 Å². The standard InChI is InChI=1S/C27H29BrN2O5S/c1-17-8-10-20(11-9-17)29-25(31)16-35-23-14-21(28)19(12-22(23)34-2)13-24-26(32)30(27(33)36-24)15-18-6-4-3-5-7-18/h8-14,18H,3-7,15-16H2,1-2H3,(H,29,31)/b24-13+. The Morgan fingerprint density at radius 2 is 1.86 bits per heavy atom. The summed E-state index contributed by atoms with van der Waals surface area (Å²) in [4.78, 5) is 39.6. The molecule has 2 aromatic rings. The maximum atomic E-state index is 13.0. The van der Waals surface area contributed by atoms with Crippen molar-refractivity contribution < 1.29 is 23.9 Å². The number of amides is 3. The SMILES string of the molecule is COc1cc(/C=C2/SC(=O)N(CC3CCCCC3)C2=O)c(Br)cc1OCC(=O)Nc1ccc(C)cc1. The molecule has 0 radical (unpaired) electrons. The molecule has 2 fully saturated rings. The molecule has 2 aromatic carbocycles. The summed E-state index contributed by atoms with van der Waals surface area (Å²) in [5, 5.41) is 2.57. The van der Waals surface area contributed by atoms with Gasteiger partial charge in [-0.05, 0) is 73.4 Å². The zero-order valence-corrected chi connectivity index (χ0v) is 22.7. The highest BCUT2D eigenvalue weighted by molar-refractivity contribution is 9.10. The summed E-state index contributed by atoms with van der Waals surface area (Å²) >= 11 is 4.48. The van der Waals surface area contributed by atoms with Crippen molar-refractivity contribution in [2.75, 3.05) is 25.6 Å². The van der Waals surface area contributed by atoms with Gasteiger partial charge in [-0.15, -0.1) is 0 Å². The Labute approximate surface area is 223 Å². The van der Waals surface area contributed by atoms with Gasteiger partial charge >= 0.3 is 0 Å². The van der Waals surface area contributed by atoms with Crippen LogP contribution in [0.25, 0.3) is 6.08 Å². The molecule has 0 aromatic heterocycles. The number of nitrogens with zero attached hydrogens (tertiary/aromatic N) is 1. The second-order valence-electron chi connectivity index (χ2n) is 9.02. The summed E-state index contributed by atoms with van der Waals surface area (Å²) in [5.74, 6) is 0.625. The van der Waals surface area contributed by atoms with E-state index < -0.39 is 0 Å². The topological polar surface area (TPSA) is 84.9 Å². The van der Waals surface area contributed by atoms with Crippen LogP contribution < -0.4 is 14.8 Å². The second-order valence-corrected chi connectivity index (χ2v) is 10.9. The van der Waals surface area contributed by atoms with Crippen LogP contribution in [0.2, 0.25) is 0 Å². The number of thioether (sulfide) groups is 1. The molecule has 36 heavy (non-hydrogen) atoms. The molecule has 0 bridgehead atoms. The monoisotopic (exact) mass is 572 g/mol. The number of imide groups is 1. The van der Waals surface area contributed by atoms with Crippen LogP contribution in [-0.2, 0) is 9.59 Å². The maximum Gasteiger partial charge on any atom is 0.293 e. The number of aryl methyl sites for hydroxylation is 1. The zero-order valence-electron chi connectivity index (χ0n) is 20.3. The predicted octanol–water partition coefficient (Wildman–Crippen LogP) is 6.40. The molecule has 1 heterocycles. The molecule has 2 aliphatic rings. The fourth-order valence-corrected chi connectivity index (χ4v) is 5.61. The number of halogens is 1. The molecule has 1 saturated carbocycles. The fourth-order valence-electron chi connectivity index (χ4n) is 4.34. The normalized spacial score (nSPS) is 17.5. The quantitative estimate of drug-likeness (QED) is 0.368. The Balaban J connectivity index is 1.43. The Morgan fingerprint density at radius 1 is 1.14 bits per heavy atom. The number of nitrogens with one attached hydrogen (secondary N) is 1. The van der Waals surface area contributed by atoms with Crippen LogP contribution in [0, 0.1) is 12.8 Å². The lowest BCUT2D eigenvalue weighted by Crippen LogP contribution is -2.34. The van der Waals surface area contributed by atoms with Gasteiger partial charge in [0.25, 0.3) is 17.1 Å². The van der Waals surface area contributed by atoms with Crippen LogP contribution in [0.4, 0.5) is 10.5 Å². The number of carbonyl (C=O) groups is 3. The van der Waals surface area contributed by atoms with Crippen molar-refractivity contribution in [3.05, 3.63) is 56.9 Å². The van der Waals surface area contributed by atoms with Crippen LogP contribution in [0.1, 0.15) is 43.2 Å². The third-order valence-corrected chi connectivity index (χ3v) is 7.90. The summed E-state index contributed by atoms with van der Waals surface area (Å²) in [6, 6.07) is 10.9. The van der Waals surface area contributed by atoms with Crippen molar-refractivity contribution in [2.24, 2.45) is 5.92 Å². The van der Waals surface area contributed by atoms with E-state index in [2.05, 4.69) is 21.2 Å². The summed E-state index contributed by atoms with van der Waals surface area (Å²) in [6.07, 6.45) is 7.36. The minimum Gasteiger partial charge on any atom is -0.493 e. The number of benzene rings is 2. The van der Waals surface area contributed by atoms with Crippen LogP contribution in [0.3, 0.4) is 0 Å². The van der Waals surface area contributed by atoms with Crippen LogP contribution >= 0.6 is 27.7 Å². The summed E-state index contributed by atoms with van der Waals surface area (Å²) in [6.45, 7) is 2.27. The number of rotatable bonds is 8. The van der Waals surface area contributed by atoms with Crippen molar-refractivity contribution in [1.82, 2.24) is 4.90 Å². The summed E-state index contributed by atoms with van der Waals surface area (Å²) in [5.41, 5.74) is 2.47. The molecule has 7 nitrogen and oxygen atoms in total. The average Bonchev–Trinajstić information content (AvgIpc) is 3.13. The molecule has 4 rings (SSSR count). The first-order chi connectivity index (χ1) is 17.3. The van der Waals surface area contributed by atoms with Crippen LogP contribution in [0.15, 0.2) is 45.8 Å². The van der Waals surface area contributed by atoms with Gasteiger partial charge in [-0.1, -0.05) is 52.9 Å². The number of hydrogen-bond donors (Lipinski definition) is 1. The van der Waals surface area contributed by atoms with Crippen molar-refractivity contribution >= 4 is 56.5 Å². The first kappa shape index (κ1) is 26.3. The fraction of sp³-hybridized carbons (Fsp3) is 0.370. The highest BCUT2D eigenvalue weighted by Gasteiger charge is 2.36. The lowest BCUT2D eigenvalue weighted by molar-refractivity contribution is -0.123. The van der Waals surface area contributed by atoms with E-state index in [9.17, 15) is 14.4 Å². The van der Waals surface area contributed by atoms with E-state index in [-0.39, 0.29) is 23.7 Å². The smallest absolute Gasteiger partial charge is 0.293 e. The molecule has 0 spiro atoms. The average molecular weight is 574 g/mol. The van der Waals surface area contributed by atoms with E-state index in [1.165, 1.54) is 18.4 Å². The van der Waals surface area contributed by atoms with Crippen molar-refractivity contribution in [1.29, 1.82) is 0 Å². The minimum absolute atomic E-state index is 0.198. The summed E-state index contributed by atoms with van der Waals surface area (Å²) < 4.78 is 11.8. The first-order valence-electron chi connectivity index (χ1n) is 12.0. The van der Waals surface area contributed by atoms with Gasteiger partial charge in [-0.2, -0.15) is 0 Å². The van der Waals surface area contributed by atoms with Gasteiger partial charge < -0.3 is 14.8 Å². The van der Waals surface area contributed by atoms with Crippen molar-refractivity contribution in [3.8, 4) is 11.5 Å². The van der Waals surface area contributed by atoms with Crippen LogP contribution in [0.5, 0.6) is 11.5 Å². The number of methoxy groups -OCH3 is 1. The second kappa shape index (κ2) is 12.0.